The Hall–Kier alpha value is -0.690. The van der Waals surface area contributed by atoms with Gasteiger partial charge in [-0.1, -0.05) is 36.8 Å². The Labute approximate surface area is 96.8 Å². The van der Waals surface area contributed by atoms with Gasteiger partial charge >= 0.3 is 0 Å². The average molecular weight is 218 g/mol. The van der Waals surface area contributed by atoms with E-state index in [1.807, 2.05) is 11.8 Å². The van der Waals surface area contributed by atoms with E-state index in [-0.39, 0.29) is 0 Å². The van der Waals surface area contributed by atoms with Crippen molar-refractivity contribution >= 4 is 11.8 Å². The lowest BCUT2D eigenvalue weighted by atomic mass is 9.87. The normalized spacial score (nSPS) is 21.6. The molecule has 1 fully saturated rings. The van der Waals surface area contributed by atoms with Crippen LogP contribution in [-0.4, -0.2) is 5.75 Å². The Bertz CT molecular complexity index is 315. The average Bonchev–Trinajstić information content (AvgIpc) is 2.29. The van der Waals surface area contributed by atoms with Gasteiger partial charge in [-0.3, -0.25) is 0 Å². The van der Waals surface area contributed by atoms with Crippen molar-refractivity contribution in [2.75, 3.05) is 5.75 Å². The minimum Gasteiger partial charge on any atom is -0.126 e. The fourth-order valence-corrected chi connectivity index (χ4v) is 3.21. The summed E-state index contributed by atoms with van der Waals surface area (Å²) in [7, 11) is 0. The maximum absolute atomic E-state index is 4.19. The Morgan fingerprint density at radius 1 is 1.20 bits per heavy atom. The van der Waals surface area contributed by atoms with Crippen LogP contribution in [0.15, 0.2) is 47.4 Å². The highest BCUT2D eigenvalue weighted by atomic mass is 32.2. The van der Waals surface area contributed by atoms with Crippen LogP contribution in [0.25, 0.3) is 0 Å². The highest BCUT2D eigenvalue weighted by Gasteiger charge is 2.16. The topological polar surface area (TPSA) is 0 Å². The van der Waals surface area contributed by atoms with Crippen LogP contribution >= 0.6 is 11.8 Å². The molecular formula is C14H18S. The predicted octanol–water partition coefficient (Wildman–Crippen LogP) is 4.53. The van der Waals surface area contributed by atoms with Gasteiger partial charge in [0.25, 0.3) is 0 Å². The first kappa shape index (κ1) is 10.8. The Balaban J connectivity index is 1.85. The molecule has 0 aromatic heterocycles. The van der Waals surface area contributed by atoms with E-state index in [4.69, 9.17) is 0 Å². The molecule has 80 valence electrons. The van der Waals surface area contributed by atoms with Gasteiger partial charge in [-0.25, -0.2) is 0 Å². The quantitative estimate of drug-likeness (QED) is 0.531. The molecule has 0 N–H and O–H groups in total. The molecule has 1 aromatic carbocycles. The van der Waals surface area contributed by atoms with Crippen LogP contribution in [0.4, 0.5) is 0 Å². The third kappa shape index (κ3) is 3.13. The summed E-state index contributed by atoms with van der Waals surface area (Å²) in [5, 5.41) is 0. The third-order valence-corrected chi connectivity index (χ3v) is 4.25. The van der Waals surface area contributed by atoms with Crippen molar-refractivity contribution in [3.63, 3.8) is 0 Å². The summed E-state index contributed by atoms with van der Waals surface area (Å²) < 4.78 is 0. The lowest BCUT2D eigenvalue weighted by Crippen LogP contribution is -2.11. The molecule has 1 unspecified atom stereocenters. The van der Waals surface area contributed by atoms with Crippen molar-refractivity contribution in [3.05, 3.63) is 42.5 Å². The Morgan fingerprint density at radius 3 is 2.73 bits per heavy atom. The molecular weight excluding hydrogens is 200 g/mol. The number of benzene rings is 1. The fourth-order valence-electron chi connectivity index (χ4n) is 2.07. The number of allylic oxidation sites excluding steroid dienone is 1. The third-order valence-electron chi connectivity index (χ3n) is 3.07. The summed E-state index contributed by atoms with van der Waals surface area (Å²) in [5.41, 5.74) is 1.48. The minimum absolute atomic E-state index is 0.754. The summed E-state index contributed by atoms with van der Waals surface area (Å²) in [6, 6.07) is 10.7. The van der Waals surface area contributed by atoms with E-state index >= 15 is 0 Å². The maximum atomic E-state index is 4.19. The molecule has 0 spiro atoms. The molecule has 0 amide bonds. The predicted molar refractivity (Wildman–Crippen MR) is 68.3 cm³/mol. The largest absolute Gasteiger partial charge is 0.126 e. The van der Waals surface area contributed by atoms with Crippen LogP contribution in [0, 0.1) is 5.92 Å². The smallest absolute Gasteiger partial charge is 0.00721 e. The monoisotopic (exact) mass is 218 g/mol. The molecule has 1 aliphatic carbocycles. The van der Waals surface area contributed by atoms with E-state index < -0.39 is 0 Å². The van der Waals surface area contributed by atoms with Gasteiger partial charge in [-0.05, 0) is 37.3 Å². The molecule has 1 atom stereocenters. The second-order valence-electron chi connectivity index (χ2n) is 4.23. The van der Waals surface area contributed by atoms with Crippen LogP contribution in [0.3, 0.4) is 0 Å². The summed E-state index contributed by atoms with van der Waals surface area (Å²) in [4.78, 5) is 1.39. The molecule has 1 saturated carbocycles. The van der Waals surface area contributed by atoms with E-state index in [0.29, 0.717) is 0 Å². The van der Waals surface area contributed by atoms with Crippen molar-refractivity contribution in [2.24, 2.45) is 5.92 Å². The van der Waals surface area contributed by atoms with Gasteiger partial charge in [-0.2, -0.15) is 0 Å². The molecule has 0 aliphatic heterocycles. The zero-order valence-electron chi connectivity index (χ0n) is 9.11. The highest BCUT2D eigenvalue weighted by Crippen LogP contribution is 2.32. The van der Waals surface area contributed by atoms with Gasteiger partial charge in [0.15, 0.2) is 0 Å². The molecule has 2 rings (SSSR count). The van der Waals surface area contributed by atoms with Crippen LogP contribution in [0.5, 0.6) is 0 Å². The second-order valence-corrected chi connectivity index (χ2v) is 5.32. The Kier molecular flexibility index (Phi) is 3.90. The van der Waals surface area contributed by atoms with Crippen molar-refractivity contribution in [1.82, 2.24) is 0 Å². The SMILES string of the molecule is C=C1CCCCC1CSc1ccccc1. The van der Waals surface area contributed by atoms with Gasteiger partial charge in [0.05, 0.1) is 0 Å². The van der Waals surface area contributed by atoms with E-state index in [2.05, 4.69) is 36.9 Å². The van der Waals surface area contributed by atoms with Crippen molar-refractivity contribution < 1.29 is 0 Å². The molecule has 0 bridgehead atoms. The molecule has 0 nitrogen and oxygen atoms in total. The van der Waals surface area contributed by atoms with E-state index in [9.17, 15) is 0 Å². The van der Waals surface area contributed by atoms with E-state index in [1.165, 1.54) is 41.9 Å². The first-order valence-electron chi connectivity index (χ1n) is 5.72. The minimum atomic E-state index is 0.754. The van der Waals surface area contributed by atoms with Gasteiger partial charge in [0.1, 0.15) is 0 Å². The summed E-state index contributed by atoms with van der Waals surface area (Å²) >= 11 is 1.97. The van der Waals surface area contributed by atoms with Gasteiger partial charge in [-0.15, -0.1) is 11.8 Å². The number of hydrogen-bond donors (Lipinski definition) is 0. The summed E-state index contributed by atoms with van der Waals surface area (Å²) in [6.07, 6.45) is 5.34. The summed E-state index contributed by atoms with van der Waals surface area (Å²) in [6.45, 7) is 4.19. The lowest BCUT2D eigenvalue weighted by Gasteiger charge is -2.23. The molecule has 0 heterocycles. The number of thioether (sulfide) groups is 1. The lowest BCUT2D eigenvalue weighted by molar-refractivity contribution is 0.491. The van der Waals surface area contributed by atoms with Gasteiger partial charge in [0.2, 0.25) is 0 Å². The second kappa shape index (κ2) is 5.41. The highest BCUT2D eigenvalue weighted by molar-refractivity contribution is 7.99. The van der Waals surface area contributed by atoms with Crippen molar-refractivity contribution in [3.8, 4) is 0 Å². The fraction of sp³-hybridized carbons (Fsp3) is 0.429. The van der Waals surface area contributed by atoms with Crippen LogP contribution in [0.1, 0.15) is 25.7 Å². The maximum Gasteiger partial charge on any atom is 0.00721 e. The first-order chi connectivity index (χ1) is 7.36. The zero-order chi connectivity index (χ0) is 10.5. The Morgan fingerprint density at radius 2 is 2.00 bits per heavy atom. The molecule has 0 saturated heterocycles. The van der Waals surface area contributed by atoms with Gasteiger partial charge < -0.3 is 0 Å². The van der Waals surface area contributed by atoms with E-state index in [0.717, 1.165) is 5.92 Å². The molecule has 1 heteroatoms. The van der Waals surface area contributed by atoms with Crippen LogP contribution < -0.4 is 0 Å². The first-order valence-corrected chi connectivity index (χ1v) is 6.70. The number of hydrogen-bond acceptors (Lipinski definition) is 1. The molecule has 15 heavy (non-hydrogen) atoms. The van der Waals surface area contributed by atoms with Crippen molar-refractivity contribution in [1.29, 1.82) is 0 Å². The molecule has 1 aromatic rings. The summed E-state index contributed by atoms with van der Waals surface area (Å²) in [5.74, 6) is 1.96. The number of rotatable bonds is 3. The van der Waals surface area contributed by atoms with E-state index in [1.54, 1.807) is 0 Å². The zero-order valence-corrected chi connectivity index (χ0v) is 9.93. The standard InChI is InChI=1S/C14H18S/c1-12-7-5-6-8-13(12)11-15-14-9-3-2-4-10-14/h2-4,9-10,13H,1,5-8,11H2. The molecule has 1 aliphatic rings. The van der Waals surface area contributed by atoms with Crippen molar-refractivity contribution in [2.45, 2.75) is 30.6 Å². The van der Waals surface area contributed by atoms with Crippen LogP contribution in [-0.2, 0) is 0 Å². The van der Waals surface area contributed by atoms with Crippen LogP contribution in [0.2, 0.25) is 0 Å². The molecule has 0 radical (unpaired) electrons. The van der Waals surface area contributed by atoms with Gasteiger partial charge in [0, 0.05) is 10.6 Å².